The van der Waals surface area contributed by atoms with Gasteiger partial charge in [0.1, 0.15) is 0 Å². The number of H-pyrrole nitrogens is 2. The molecule has 1 saturated heterocycles. The highest BCUT2D eigenvalue weighted by atomic mass is 16.7. The summed E-state index contributed by atoms with van der Waals surface area (Å²) >= 11 is 0. The molecular weight excluding hydrogens is 426 g/mol. The lowest BCUT2D eigenvalue weighted by atomic mass is 9.94. The molecule has 1 fully saturated rings. The third kappa shape index (κ3) is 4.42. The van der Waals surface area contributed by atoms with Crippen LogP contribution in [0.1, 0.15) is 19.8 Å². The van der Waals surface area contributed by atoms with E-state index in [4.69, 9.17) is 9.47 Å². The van der Waals surface area contributed by atoms with Crippen molar-refractivity contribution < 1.29 is 19.1 Å². The van der Waals surface area contributed by atoms with E-state index in [-0.39, 0.29) is 36.3 Å². The van der Waals surface area contributed by atoms with Gasteiger partial charge in [-0.15, -0.1) is 0 Å². The Labute approximate surface area is 189 Å². The van der Waals surface area contributed by atoms with Crippen molar-refractivity contribution in [2.45, 2.75) is 25.8 Å². The molecule has 5 rings (SSSR count). The normalized spacial score (nSPS) is 17.1. The average Bonchev–Trinajstić information content (AvgIpc) is 3.43. The molecule has 0 unspecified atom stereocenters. The molecule has 1 atom stereocenters. The molecule has 0 bridgehead atoms. The number of hydrogen-bond donors (Lipinski definition) is 4. The fraction of sp³-hybridized carbons (Fsp3) is 0.348. The highest BCUT2D eigenvalue weighted by Crippen LogP contribution is 2.34. The summed E-state index contributed by atoms with van der Waals surface area (Å²) < 4.78 is 10.7. The Hall–Kier alpha value is -3.79. The lowest BCUT2D eigenvalue weighted by molar-refractivity contribution is -0.123. The summed E-state index contributed by atoms with van der Waals surface area (Å²) in [7, 11) is 0. The quantitative estimate of drug-likeness (QED) is 0.471. The third-order valence-corrected chi connectivity index (χ3v) is 6.25. The highest BCUT2D eigenvalue weighted by Gasteiger charge is 2.30. The summed E-state index contributed by atoms with van der Waals surface area (Å²) in [6.45, 7) is 3.35. The van der Waals surface area contributed by atoms with E-state index in [2.05, 4.69) is 25.5 Å². The zero-order chi connectivity index (χ0) is 22.9. The molecule has 2 aliphatic rings. The van der Waals surface area contributed by atoms with Crippen LogP contribution in [0.2, 0.25) is 0 Å². The van der Waals surface area contributed by atoms with Crippen LogP contribution in [-0.4, -0.2) is 52.6 Å². The van der Waals surface area contributed by atoms with Gasteiger partial charge in [0.25, 0.3) is 0 Å². The predicted molar refractivity (Wildman–Crippen MR) is 123 cm³/mol. The number of benzene rings is 2. The summed E-state index contributed by atoms with van der Waals surface area (Å²) in [5.74, 6) is 1.03. The van der Waals surface area contributed by atoms with Crippen LogP contribution in [0.5, 0.6) is 11.5 Å². The Morgan fingerprint density at radius 2 is 1.67 bits per heavy atom. The number of piperidine rings is 1. The van der Waals surface area contributed by atoms with Crippen LogP contribution in [0.25, 0.3) is 11.0 Å². The van der Waals surface area contributed by atoms with Crippen molar-refractivity contribution >= 4 is 34.2 Å². The van der Waals surface area contributed by atoms with Gasteiger partial charge in [0.2, 0.25) is 18.6 Å². The highest BCUT2D eigenvalue weighted by molar-refractivity contribution is 5.96. The minimum Gasteiger partial charge on any atom is -0.454 e. The number of nitrogens with zero attached hydrogens (tertiary/aromatic N) is 1. The fourth-order valence-corrected chi connectivity index (χ4v) is 4.29. The summed E-state index contributed by atoms with van der Waals surface area (Å²) in [6.07, 6.45) is 1.34. The third-order valence-electron chi connectivity index (χ3n) is 6.25. The van der Waals surface area contributed by atoms with Crippen LogP contribution in [-0.2, 0) is 9.59 Å². The number of carbonyl (C=O) groups excluding carboxylic acids is 2. The Bertz CT molecular complexity index is 1260. The summed E-state index contributed by atoms with van der Waals surface area (Å²) in [4.78, 5) is 44.3. The fourth-order valence-electron chi connectivity index (χ4n) is 4.29. The molecule has 0 radical (unpaired) electrons. The molecular formula is C23H25N5O5. The second kappa shape index (κ2) is 8.62. The van der Waals surface area contributed by atoms with Crippen molar-refractivity contribution in [1.82, 2.24) is 14.9 Å². The van der Waals surface area contributed by atoms with E-state index < -0.39 is 0 Å². The van der Waals surface area contributed by atoms with E-state index in [1.54, 1.807) is 36.4 Å². The average molecular weight is 451 g/mol. The number of imidazole rings is 1. The topological polar surface area (TPSA) is 129 Å². The Balaban J connectivity index is 1.14. The molecule has 2 aliphatic heterocycles. The minimum atomic E-state index is -0.344. The van der Waals surface area contributed by atoms with Gasteiger partial charge in [0.15, 0.2) is 11.5 Å². The number of aromatic nitrogens is 2. The number of anilines is 2. The lowest BCUT2D eigenvalue weighted by Crippen LogP contribution is -2.47. The molecule has 0 spiro atoms. The first kappa shape index (κ1) is 21.1. The second-order valence-electron chi connectivity index (χ2n) is 8.37. The van der Waals surface area contributed by atoms with Crippen LogP contribution in [0, 0.1) is 5.92 Å². The van der Waals surface area contributed by atoms with Gasteiger partial charge in [-0.2, -0.15) is 0 Å². The van der Waals surface area contributed by atoms with Gasteiger partial charge in [-0.25, -0.2) is 4.79 Å². The van der Waals surface area contributed by atoms with Gasteiger partial charge in [0, 0.05) is 23.4 Å². The molecule has 2 amide bonds. The van der Waals surface area contributed by atoms with Crippen molar-refractivity contribution in [2.24, 2.45) is 5.92 Å². The molecule has 172 valence electrons. The van der Waals surface area contributed by atoms with Crippen LogP contribution < -0.4 is 25.8 Å². The lowest BCUT2D eigenvalue weighted by Gasteiger charge is -2.34. The number of rotatable bonds is 5. The maximum Gasteiger partial charge on any atom is 0.323 e. The molecule has 33 heavy (non-hydrogen) atoms. The number of carbonyl (C=O) groups is 2. The van der Waals surface area contributed by atoms with Crippen LogP contribution >= 0.6 is 0 Å². The zero-order valence-electron chi connectivity index (χ0n) is 18.1. The van der Waals surface area contributed by atoms with Crippen molar-refractivity contribution in [3.8, 4) is 11.5 Å². The van der Waals surface area contributed by atoms with Crippen molar-refractivity contribution in [3.63, 3.8) is 0 Å². The van der Waals surface area contributed by atoms with Crippen LogP contribution in [0.4, 0.5) is 11.4 Å². The molecule has 4 N–H and O–H groups in total. The minimum absolute atomic E-state index is 0.0283. The van der Waals surface area contributed by atoms with E-state index in [9.17, 15) is 14.4 Å². The number of fused-ring (bicyclic) bond motifs is 2. The SMILES string of the molecule is C[C@H](C(=O)Nc1ccc2[nH]c(=O)[nH]c2c1)N1CCC(C(=O)Nc2ccc3c(c2)OCO3)CC1. The first-order chi connectivity index (χ1) is 16.0. The Morgan fingerprint density at radius 3 is 2.48 bits per heavy atom. The summed E-state index contributed by atoms with van der Waals surface area (Å²) in [6, 6.07) is 10.2. The molecule has 0 aliphatic carbocycles. The van der Waals surface area contributed by atoms with Gasteiger partial charge < -0.3 is 30.1 Å². The largest absolute Gasteiger partial charge is 0.454 e. The number of aromatic amines is 2. The van der Waals surface area contributed by atoms with E-state index in [0.717, 1.165) is 0 Å². The van der Waals surface area contributed by atoms with Gasteiger partial charge >= 0.3 is 5.69 Å². The Kier molecular flexibility index (Phi) is 5.51. The molecule has 3 aromatic rings. The number of nitrogens with one attached hydrogen (secondary N) is 4. The van der Waals surface area contributed by atoms with Gasteiger partial charge in [-0.05, 0) is 63.2 Å². The molecule has 0 saturated carbocycles. The smallest absolute Gasteiger partial charge is 0.323 e. The molecule has 2 aromatic carbocycles. The predicted octanol–water partition coefficient (Wildman–Crippen LogP) is 2.26. The van der Waals surface area contributed by atoms with E-state index >= 15 is 0 Å². The number of hydrogen-bond acceptors (Lipinski definition) is 6. The number of ether oxygens (including phenoxy) is 2. The van der Waals surface area contributed by atoms with E-state index in [0.29, 0.717) is 59.8 Å². The second-order valence-corrected chi connectivity index (χ2v) is 8.37. The maximum atomic E-state index is 12.8. The van der Waals surface area contributed by atoms with Crippen LogP contribution in [0.15, 0.2) is 41.2 Å². The van der Waals surface area contributed by atoms with E-state index in [1.807, 2.05) is 6.92 Å². The van der Waals surface area contributed by atoms with Crippen LogP contribution in [0.3, 0.4) is 0 Å². The summed E-state index contributed by atoms with van der Waals surface area (Å²) in [5, 5.41) is 5.87. The summed E-state index contributed by atoms with van der Waals surface area (Å²) in [5.41, 5.74) is 2.34. The van der Waals surface area contributed by atoms with Gasteiger partial charge in [0.05, 0.1) is 17.1 Å². The monoisotopic (exact) mass is 451 g/mol. The van der Waals surface area contributed by atoms with Crippen molar-refractivity contribution in [3.05, 3.63) is 46.9 Å². The Morgan fingerprint density at radius 1 is 0.970 bits per heavy atom. The molecule has 1 aromatic heterocycles. The first-order valence-electron chi connectivity index (χ1n) is 10.9. The van der Waals surface area contributed by atoms with Gasteiger partial charge in [-0.1, -0.05) is 0 Å². The molecule has 3 heterocycles. The molecule has 10 nitrogen and oxygen atoms in total. The van der Waals surface area contributed by atoms with Gasteiger partial charge in [-0.3, -0.25) is 14.5 Å². The first-order valence-corrected chi connectivity index (χ1v) is 10.9. The molecule has 10 heteroatoms. The number of likely N-dealkylation sites (tertiary alicyclic amines) is 1. The number of amides is 2. The van der Waals surface area contributed by atoms with Crippen molar-refractivity contribution in [1.29, 1.82) is 0 Å². The van der Waals surface area contributed by atoms with Crippen molar-refractivity contribution in [2.75, 3.05) is 30.5 Å². The standard InChI is InChI=1S/C23H25N5O5/c1-13(21(29)24-15-2-4-17-18(10-15)27-23(31)26-17)28-8-6-14(7-9-28)22(30)25-16-3-5-19-20(11-16)33-12-32-19/h2-5,10-11,13-14H,6-9,12H2,1H3,(H,24,29)(H,25,30)(H2,26,27,31)/t13-/m1/s1. The maximum absolute atomic E-state index is 12.8. The van der Waals surface area contributed by atoms with E-state index in [1.165, 1.54) is 0 Å². The zero-order valence-corrected chi connectivity index (χ0v) is 18.1.